The number of aromatic nitrogens is 2. The molecule has 1 aliphatic rings. The smallest absolute Gasteiger partial charge is 0.235 e. The maximum atomic E-state index is 11.8. The van der Waals surface area contributed by atoms with Gasteiger partial charge in [-0.2, -0.15) is 5.10 Å². The van der Waals surface area contributed by atoms with E-state index >= 15 is 0 Å². The van der Waals surface area contributed by atoms with Gasteiger partial charge in [0.25, 0.3) is 0 Å². The lowest BCUT2D eigenvalue weighted by Crippen LogP contribution is -2.12. The summed E-state index contributed by atoms with van der Waals surface area (Å²) in [5.74, 6) is 1.91. The molecule has 0 saturated carbocycles. The van der Waals surface area contributed by atoms with E-state index < -0.39 is 0 Å². The van der Waals surface area contributed by atoms with Crippen molar-refractivity contribution in [3.05, 3.63) is 77.5 Å². The molecule has 1 amide bonds. The molecule has 1 aromatic heterocycles. The standard InChI is InChI=1S/C19H17N3O2S/c23-17-12-25-18(16-10-20-22-19(16)21-17)14-6-8-15(9-7-14)24-11-13-4-2-1-3-5-13/h1-10,18H,11-12H2,(H2,20,21,22,23)/t18-/m1/s1. The summed E-state index contributed by atoms with van der Waals surface area (Å²) in [7, 11) is 0. The molecule has 1 atom stereocenters. The number of rotatable bonds is 4. The third kappa shape index (κ3) is 3.53. The molecule has 5 nitrogen and oxygen atoms in total. The second-order valence-electron chi connectivity index (χ2n) is 5.78. The summed E-state index contributed by atoms with van der Waals surface area (Å²) >= 11 is 1.60. The number of nitrogens with one attached hydrogen (secondary N) is 2. The number of H-pyrrole nitrogens is 1. The minimum atomic E-state index is -0.0131. The van der Waals surface area contributed by atoms with E-state index in [9.17, 15) is 4.79 Å². The predicted molar refractivity (Wildman–Crippen MR) is 98.7 cm³/mol. The molecule has 2 N–H and O–H groups in total. The minimum Gasteiger partial charge on any atom is -0.489 e. The highest BCUT2D eigenvalue weighted by Gasteiger charge is 2.25. The van der Waals surface area contributed by atoms with Gasteiger partial charge in [0.2, 0.25) is 5.91 Å². The highest BCUT2D eigenvalue weighted by atomic mass is 32.2. The van der Waals surface area contributed by atoms with Gasteiger partial charge in [-0.05, 0) is 23.3 Å². The summed E-state index contributed by atoms with van der Waals surface area (Å²) < 4.78 is 5.84. The van der Waals surface area contributed by atoms with Crippen LogP contribution in [-0.2, 0) is 11.4 Å². The number of aromatic amines is 1. The van der Waals surface area contributed by atoms with Gasteiger partial charge in [-0.1, -0.05) is 42.5 Å². The average Bonchev–Trinajstić information content (AvgIpc) is 3.03. The Balaban J connectivity index is 1.50. The van der Waals surface area contributed by atoms with Gasteiger partial charge in [0.1, 0.15) is 18.2 Å². The van der Waals surface area contributed by atoms with E-state index in [1.54, 1.807) is 18.0 Å². The zero-order valence-corrected chi connectivity index (χ0v) is 14.3. The number of hydrogen-bond acceptors (Lipinski definition) is 4. The van der Waals surface area contributed by atoms with Gasteiger partial charge in [0, 0.05) is 5.56 Å². The van der Waals surface area contributed by atoms with Crippen LogP contribution in [0.4, 0.5) is 5.82 Å². The first kappa shape index (κ1) is 15.8. The molecule has 2 heterocycles. The molecule has 6 heteroatoms. The van der Waals surface area contributed by atoms with E-state index in [0.717, 1.165) is 22.4 Å². The molecule has 126 valence electrons. The molecule has 1 aliphatic heterocycles. The Hall–Kier alpha value is -2.73. The lowest BCUT2D eigenvalue weighted by Gasteiger charge is -2.14. The van der Waals surface area contributed by atoms with Crippen LogP contribution in [0.5, 0.6) is 5.75 Å². The summed E-state index contributed by atoms with van der Waals surface area (Å²) in [6.07, 6.45) is 1.78. The van der Waals surface area contributed by atoms with Crippen LogP contribution < -0.4 is 10.1 Å². The quantitative estimate of drug-likeness (QED) is 0.751. The van der Waals surface area contributed by atoms with E-state index in [1.807, 2.05) is 54.6 Å². The number of thioether (sulfide) groups is 1. The zero-order chi connectivity index (χ0) is 17.1. The molecule has 0 bridgehead atoms. The molecule has 0 saturated heterocycles. The number of carbonyl (C=O) groups excluding carboxylic acids is 1. The molecule has 2 aromatic carbocycles. The molecule has 0 aliphatic carbocycles. The Bertz CT molecular complexity index is 862. The Morgan fingerprint density at radius 1 is 1.12 bits per heavy atom. The molecule has 25 heavy (non-hydrogen) atoms. The van der Waals surface area contributed by atoms with Crippen molar-refractivity contribution in [2.45, 2.75) is 11.9 Å². The summed E-state index contributed by atoms with van der Waals surface area (Å²) in [5.41, 5.74) is 3.25. The van der Waals surface area contributed by atoms with E-state index in [4.69, 9.17) is 4.74 Å². The molecular weight excluding hydrogens is 334 g/mol. The van der Waals surface area contributed by atoms with Crippen molar-refractivity contribution in [3.8, 4) is 5.75 Å². The number of benzene rings is 2. The van der Waals surface area contributed by atoms with Crippen molar-refractivity contribution in [3.63, 3.8) is 0 Å². The average molecular weight is 351 g/mol. The van der Waals surface area contributed by atoms with Crippen LogP contribution in [0.1, 0.15) is 21.9 Å². The molecule has 0 radical (unpaired) electrons. The van der Waals surface area contributed by atoms with E-state index in [1.165, 1.54) is 0 Å². The van der Waals surface area contributed by atoms with Gasteiger partial charge < -0.3 is 10.1 Å². The number of amides is 1. The van der Waals surface area contributed by atoms with Crippen LogP contribution in [0, 0.1) is 0 Å². The van der Waals surface area contributed by atoms with Gasteiger partial charge in [-0.3, -0.25) is 9.89 Å². The van der Waals surface area contributed by atoms with Crippen LogP contribution in [0.25, 0.3) is 0 Å². The Morgan fingerprint density at radius 3 is 2.72 bits per heavy atom. The SMILES string of the molecule is O=C1CS[C@H](c2ccc(OCc3ccccc3)cc2)c2cn[nH]c2N1. The predicted octanol–water partition coefficient (Wildman–Crippen LogP) is 3.76. The number of ether oxygens (including phenoxy) is 1. The third-order valence-electron chi connectivity index (χ3n) is 4.03. The number of fused-ring (bicyclic) bond motifs is 1. The molecule has 3 aromatic rings. The van der Waals surface area contributed by atoms with Crippen molar-refractivity contribution in [1.29, 1.82) is 0 Å². The first-order chi connectivity index (χ1) is 12.3. The fourth-order valence-electron chi connectivity index (χ4n) is 2.77. The molecule has 0 fully saturated rings. The van der Waals surface area contributed by atoms with Crippen LogP contribution in [0.15, 0.2) is 60.8 Å². The number of carbonyl (C=O) groups is 1. The van der Waals surface area contributed by atoms with E-state index in [0.29, 0.717) is 18.2 Å². The van der Waals surface area contributed by atoms with Crippen LogP contribution in [-0.4, -0.2) is 21.9 Å². The van der Waals surface area contributed by atoms with Gasteiger partial charge in [-0.25, -0.2) is 0 Å². The Labute approximate surface area is 149 Å². The van der Waals surface area contributed by atoms with Crippen LogP contribution in [0.2, 0.25) is 0 Å². The fraction of sp³-hybridized carbons (Fsp3) is 0.158. The van der Waals surface area contributed by atoms with Crippen LogP contribution in [0.3, 0.4) is 0 Å². The monoisotopic (exact) mass is 351 g/mol. The highest BCUT2D eigenvalue weighted by Crippen LogP contribution is 2.40. The summed E-state index contributed by atoms with van der Waals surface area (Å²) in [5, 5.41) is 9.83. The van der Waals surface area contributed by atoms with Crippen LogP contribution >= 0.6 is 11.8 Å². The second-order valence-corrected chi connectivity index (χ2v) is 6.88. The molecular formula is C19H17N3O2S. The van der Waals surface area contributed by atoms with Gasteiger partial charge in [0.05, 0.1) is 17.2 Å². The second kappa shape index (κ2) is 7.03. The van der Waals surface area contributed by atoms with Gasteiger partial charge >= 0.3 is 0 Å². The zero-order valence-electron chi connectivity index (χ0n) is 13.4. The largest absolute Gasteiger partial charge is 0.489 e. The normalized spacial score (nSPS) is 16.6. The summed E-state index contributed by atoms with van der Waals surface area (Å²) in [4.78, 5) is 11.8. The molecule has 0 spiro atoms. The fourth-order valence-corrected chi connectivity index (χ4v) is 3.87. The minimum absolute atomic E-state index is 0.0131. The first-order valence-corrected chi connectivity index (χ1v) is 9.06. The maximum Gasteiger partial charge on any atom is 0.235 e. The first-order valence-electron chi connectivity index (χ1n) is 8.01. The van der Waals surface area contributed by atoms with Crippen molar-refractivity contribution in [2.24, 2.45) is 0 Å². The number of anilines is 1. The van der Waals surface area contributed by atoms with E-state index in [2.05, 4.69) is 15.5 Å². The van der Waals surface area contributed by atoms with Crippen molar-refractivity contribution >= 4 is 23.5 Å². The van der Waals surface area contributed by atoms with Crippen molar-refractivity contribution in [2.75, 3.05) is 11.1 Å². The topological polar surface area (TPSA) is 67.0 Å². The number of hydrogen-bond donors (Lipinski definition) is 2. The number of nitrogens with zero attached hydrogens (tertiary/aromatic N) is 1. The Morgan fingerprint density at radius 2 is 1.92 bits per heavy atom. The Kier molecular flexibility index (Phi) is 4.43. The van der Waals surface area contributed by atoms with Gasteiger partial charge in [-0.15, -0.1) is 11.8 Å². The molecule has 4 rings (SSSR count). The summed E-state index contributed by atoms with van der Waals surface area (Å²) in [6, 6.07) is 18.1. The van der Waals surface area contributed by atoms with Crippen molar-refractivity contribution < 1.29 is 9.53 Å². The highest BCUT2D eigenvalue weighted by molar-refractivity contribution is 8.00. The summed E-state index contributed by atoms with van der Waals surface area (Å²) in [6.45, 7) is 0.544. The van der Waals surface area contributed by atoms with Crippen molar-refractivity contribution in [1.82, 2.24) is 10.2 Å². The maximum absolute atomic E-state index is 11.8. The third-order valence-corrected chi connectivity index (χ3v) is 5.32. The van der Waals surface area contributed by atoms with E-state index in [-0.39, 0.29) is 11.2 Å². The van der Waals surface area contributed by atoms with Gasteiger partial charge in [0.15, 0.2) is 0 Å². The lowest BCUT2D eigenvalue weighted by molar-refractivity contribution is -0.113. The molecule has 0 unspecified atom stereocenters. The lowest BCUT2D eigenvalue weighted by atomic mass is 10.1.